The van der Waals surface area contributed by atoms with Gasteiger partial charge in [0, 0.05) is 0 Å². The van der Waals surface area contributed by atoms with Gasteiger partial charge in [0.1, 0.15) is 11.6 Å². The minimum atomic E-state index is -1.21. The van der Waals surface area contributed by atoms with E-state index in [0.717, 1.165) is 0 Å². The molecule has 0 aromatic heterocycles. The maximum absolute atomic E-state index is 11.7. The van der Waals surface area contributed by atoms with Crippen LogP contribution in [0.3, 0.4) is 0 Å². The fourth-order valence-corrected chi connectivity index (χ4v) is 1.17. The molecule has 0 fully saturated rings. The Morgan fingerprint density at radius 3 is 2.19 bits per heavy atom. The third kappa shape index (κ3) is 5.58. The number of nitrogens with one attached hydrogen (secondary N) is 1. The molecule has 0 saturated heterocycles. The van der Waals surface area contributed by atoms with Gasteiger partial charge in [-0.1, -0.05) is 20.3 Å². The third-order valence-electron chi connectivity index (χ3n) is 2.15. The van der Waals surface area contributed by atoms with Gasteiger partial charge in [-0.05, 0) is 26.7 Å². The van der Waals surface area contributed by atoms with Crippen molar-refractivity contribution in [3.63, 3.8) is 0 Å². The Morgan fingerprint density at radius 1 is 1.38 bits per heavy atom. The van der Waals surface area contributed by atoms with Gasteiger partial charge < -0.3 is 15.2 Å². The lowest BCUT2D eigenvalue weighted by atomic mass is 9.99. The molecule has 0 bridgehead atoms. The molecule has 0 spiro atoms. The number of carbonyl (C=O) groups is 2. The molecular formula is C11H21NO4. The summed E-state index contributed by atoms with van der Waals surface area (Å²) < 4.78 is 5.16. The van der Waals surface area contributed by atoms with Crippen LogP contribution in [0.15, 0.2) is 0 Å². The molecule has 5 heteroatoms. The van der Waals surface area contributed by atoms with Crippen molar-refractivity contribution in [1.29, 1.82) is 0 Å². The van der Waals surface area contributed by atoms with Crippen LogP contribution in [0.5, 0.6) is 0 Å². The van der Waals surface area contributed by atoms with Crippen LogP contribution in [0, 0.1) is 5.92 Å². The topological polar surface area (TPSA) is 75.6 Å². The summed E-state index contributed by atoms with van der Waals surface area (Å²) in [6.07, 6.45) is -0.513. The van der Waals surface area contributed by atoms with Crippen molar-refractivity contribution in [3.05, 3.63) is 0 Å². The van der Waals surface area contributed by atoms with E-state index in [-0.39, 0.29) is 5.92 Å². The number of carboxylic acid groups (broad SMARTS) is 1. The molecule has 5 nitrogen and oxygen atoms in total. The molecule has 0 heterocycles. The van der Waals surface area contributed by atoms with Gasteiger partial charge in [0.05, 0.1) is 0 Å². The number of amides is 1. The van der Waals surface area contributed by atoms with Crippen LogP contribution in [0.25, 0.3) is 0 Å². The molecular weight excluding hydrogens is 210 g/mol. The second kappa shape index (κ2) is 5.72. The Morgan fingerprint density at radius 2 is 1.88 bits per heavy atom. The van der Waals surface area contributed by atoms with Gasteiger partial charge in [-0.15, -0.1) is 0 Å². The van der Waals surface area contributed by atoms with Crippen molar-refractivity contribution < 1.29 is 19.4 Å². The first kappa shape index (κ1) is 14.7. The normalized spacial score (nSPS) is 15.1. The van der Waals surface area contributed by atoms with Crippen LogP contribution >= 0.6 is 0 Å². The van der Waals surface area contributed by atoms with E-state index in [1.807, 2.05) is 13.8 Å². The minimum absolute atomic E-state index is 0.0917. The van der Waals surface area contributed by atoms with Crippen LogP contribution in [-0.2, 0) is 9.53 Å². The van der Waals surface area contributed by atoms with E-state index in [1.54, 1.807) is 20.8 Å². The van der Waals surface area contributed by atoms with Gasteiger partial charge in [-0.2, -0.15) is 0 Å². The zero-order valence-corrected chi connectivity index (χ0v) is 10.5. The van der Waals surface area contributed by atoms with Gasteiger partial charge >= 0.3 is 12.1 Å². The number of hydrogen-bond donors (Lipinski definition) is 2. The highest BCUT2D eigenvalue weighted by molar-refractivity contribution is 5.81. The summed E-state index contributed by atoms with van der Waals surface area (Å²) in [5.74, 6) is -0.616. The fourth-order valence-electron chi connectivity index (χ4n) is 1.17. The summed E-state index contributed by atoms with van der Waals surface area (Å²) in [5, 5.41) is 10.9. The molecule has 94 valence electrons. The highest BCUT2D eigenvalue weighted by Crippen LogP contribution is 2.14. The zero-order chi connectivity index (χ0) is 12.9. The summed E-state index contributed by atoms with van der Waals surface area (Å²) in [6, 6.07) is -0.804. The molecule has 0 saturated carbocycles. The first-order valence-corrected chi connectivity index (χ1v) is 5.39. The van der Waals surface area contributed by atoms with E-state index in [4.69, 9.17) is 9.84 Å². The van der Waals surface area contributed by atoms with Gasteiger partial charge in [-0.3, -0.25) is 0 Å². The molecule has 2 N–H and O–H groups in total. The molecule has 2 atom stereocenters. The van der Waals surface area contributed by atoms with E-state index >= 15 is 0 Å². The minimum Gasteiger partial charge on any atom is -0.465 e. The maximum Gasteiger partial charge on any atom is 0.405 e. The van der Waals surface area contributed by atoms with E-state index in [1.165, 1.54) is 0 Å². The number of ether oxygens (including phenoxy) is 1. The van der Waals surface area contributed by atoms with Gasteiger partial charge in [0.2, 0.25) is 0 Å². The second-order valence-electron chi connectivity index (χ2n) is 4.85. The van der Waals surface area contributed by atoms with Crippen molar-refractivity contribution in [1.82, 2.24) is 5.32 Å². The van der Waals surface area contributed by atoms with E-state index in [0.29, 0.717) is 6.42 Å². The monoisotopic (exact) mass is 231 g/mol. The Kier molecular flexibility index (Phi) is 5.27. The highest BCUT2D eigenvalue weighted by atomic mass is 16.6. The predicted octanol–water partition coefficient (Wildman–Crippen LogP) is 2.01. The van der Waals surface area contributed by atoms with Crippen molar-refractivity contribution in [2.75, 3.05) is 0 Å². The first-order valence-electron chi connectivity index (χ1n) is 5.39. The highest BCUT2D eigenvalue weighted by Gasteiger charge is 2.30. The van der Waals surface area contributed by atoms with Crippen LogP contribution in [0.2, 0.25) is 0 Å². The maximum atomic E-state index is 11.7. The van der Waals surface area contributed by atoms with Crippen molar-refractivity contribution in [2.45, 2.75) is 52.7 Å². The van der Waals surface area contributed by atoms with Crippen LogP contribution < -0.4 is 5.32 Å². The SMILES string of the molecule is CC[C@H](C)[C@H](NC(=O)O)C(=O)OC(C)(C)C. The number of hydrogen-bond acceptors (Lipinski definition) is 3. The van der Waals surface area contributed by atoms with Crippen LogP contribution in [0.1, 0.15) is 41.0 Å². The van der Waals surface area contributed by atoms with Crippen LogP contribution in [-0.4, -0.2) is 28.8 Å². The van der Waals surface area contributed by atoms with Gasteiger partial charge in [0.15, 0.2) is 0 Å². The molecule has 16 heavy (non-hydrogen) atoms. The smallest absolute Gasteiger partial charge is 0.405 e. The summed E-state index contributed by atoms with van der Waals surface area (Å²) in [5.41, 5.74) is -0.608. The Balaban J connectivity index is 4.63. The van der Waals surface area contributed by atoms with E-state index < -0.39 is 23.7 Å². The summed E-state index contributed by atoms with van der Waals surface area (Å²) in [7, 11) is 0. The quantitative estimate of drug-likeness (QED) is 0.726. The second-order valence-corrected chi connectivity index (χ2v) is 4.85. The Labute approximate surface area is 96.2 Å². The van der Waals surface area contributed by atoms with Crippen molar-refractivity contribution in [3.8, 4) is 0 Å². The van der Waals surface area contributed by atoms with Crippen molar-refractivity contribution >= 4 is 12.1 Å². The summed E-state index contributed by atoms with van der Waals surface area (Å²) in [4.78, 5) is 22.3. The number of esters is 1. The standard InChI is InChI=1S/C11H21NO4/c1-6-7(2)8(12-10(14)15)9(13)16-11(3,4)5/h7-8,12H,6H2,1-5H3,(H,14,15)/t7-,8-/m0/s1. The molecule has 1 amide bonds. The average molecular weight is 231 g/mol. The third-order valence-corrected chi connectivity index (χ3v) is 2.15. The zero-order valence-electron chi connectivity index (χ0n) is 10.5. The van der Waals surface area contributed by atoms with Crippen molar-refractivity contribution in [2.24, 2.45) is 5.92 Å². The Hall–Kier alpha value is -1.26. The molecule has 0 unspecified atom stereocenters. The predicted molar refractivity (Wildman–Crippen MR) is 60.2 cm³/mol. The molecule has 0 aliphatic carbocycles. The summed E-state index contributed by atoms with van der Waals surface area (Å²) in [6.45, 7) is 8.95. The molecule has 0 aliphatic heterocycles. The van der Waals surface area contributed by atoms with Crippen LogP contribution in [0.4, 0.5) is 4.79 Å². The molecule has 0 rings (SSSR count). The fraction of sp³-hybridized carbons (Fsp3) is 0.818. The average Bonchev–Trinajstić information content (AvgIpc) is 2.09. The van der Waals surface area contributed by atoms with Gasteiger partial charge in [0.25, 0.3) is 0 Å². The van der Waals surface area contributed by atoms with E-state index in [9.17, 15) is 9.59 Å². The largest absolute Gasteiger partial charge is 0.465 e. The number of rotatable bonds is 4. The van der Waals surface area contributed by atoms with E-state index in [2.05, 4.69) is 5.32 Å². The number of carbonyl (C=O) groups excluding carboxylic acids is 1. The lowest BCUT2D eigenvalue weighted by Crippen LogP contribution is -2.47. The summed E-state index contributed by atoms with van der Waals surface area (Å²) >= 11 is 0. The Bertz CT molecular complexity index is 257. The first-order chi connectivity index (χ1) is 7.17. The lowest BCUT2D eigenvalue weighted by Gasteiger charge is -2.26. The van der Waals surface area contributed by atoms with Gasteiger partial charge in [-0.25, -0.2) is 9.59 Å². The molecule has 0 radical (unpaired) electrons. The molecule has 0 aromatic carbocycles. The molecule has 0 aromatic rings. The molecule has 0 aliphatic rings. The lowest BCUT2D eigenvalue weighted by molar-refractivity contribution is -0.158.